The number of rotatable bonds is 5. The van der Waals surface area contributed by atoms with E-state index in [0.29, 0.717) is 11.6 Å². The van der Waals surface area contributed by atoms with Gasteiger partial charge in [-0.05, 0) is 42.4 Å². The van der Waals surface area contributed by atoms with Gasteiger partial charge in [0.15, 0.2) is 0 Å². The molecule has 2 nitrogen and oxygen atoms in total. The first kappa shape index (κ1) is 15.7. The van der Waals surface area contributed by atoms with Crippen LogP contribution in [0.1, 0.15) is 50.5 Å². The first-order chi connectivity index (χ1) is 9.54. The first-order valence-corrected chi connectivity index (χ1v) is 7.75. The van der Waals surface area contributed by atoms with Crippen molar-refractivity contribution >= 4 is 11.6 Å². The number of hydrogen-bond donors (Lipinski definition) is 2. The van der Waals surface area contributed by atoms with Gasteiger partial charge < -0.3 is 10.8 Å². The zero-order valence-electron chi connectivity index (χ0n) is 11.9. The Morgan fingerprint density at radius 1 is 1.40 bits per heavy atom. The summed E-state index contributed by atoms with van der Waals surface area (Å²) in [5.74, 6) is -0.601. The topological polar surface area (TPSA) is 46.2 Å². The summed E-state index contributed by atoms with van der Waals surface area (Å²) in [4.78, 5) is 0. The molecule has 0 aromatic heterocycles. The van der Waals surface area contributed by atoms with Crippen molar-refractivity contribution in [1.82, 2.24) is 0 Å². The molecule has 0 radical (unpaired) electrons. The summed E-state index contributed by atoms with van der Waals surface area (Å²) in [6, 6.07) is 4.32. The van der Waals surface area contributed by atoms with Gasteiger partial charge in [0.05, 0.1) is 6.10 Å². The molecule has 0 aliphatic heterocycles. The van der Waals surface area contributed by atoms with Crippen molar-refractivity contribution in [2.75, 3.05) is 6.54 Å². The Hall–Kier alpha value is -0.640. The fraction of sp³-hybridized carbons (Fsp3) is 0.625. The van der Waals surface area contributed by atoms with Crippen LogP contribution >= 0.6 is 11.6 Å². The van der Waals surface area contributed by atoms with Gasteiger partial charge in [0, 0.05) is 17.5 Å². The van der Waals surface area contributed by atoms with Crippen LogP contribution in [0.15, 0.2) is 18.2 Å². The normalized spacial score (nSPS) is 20.9. The van der Waals surface area contributed by atoms with Crippen LogP contribution in [0, 0.1) is 11.2 Å². The Balaban J connectivity index is 2.31. The van der Waals surface area contributed by atoms with Crippen molar-refractivity contribution in [3.63, 3.8) is 0 Å². The van der Waals surface area contributed by atoms with Crippen molar-refractivity contribution in [2.45, 2.75) is 51.0 Å². The van der Waals surface area contributed by atoms with E-state index in [1.54, 1.807) is 6.07 Å². The summed E-state index contributed by atoms with van der Waals surface area (Å²) in [5.41, 5.74) is 6.57. The molecule has 0 saturated heterocycles. The number of benzene rings is 1. The average Bonchev–Trinajstić information content (AvgIpc) is 2.91. The molecule has 3 N–H and O–H groups in total. The van der Waals surface area contributed by atoms with Crippen LogP contribution < -0.4 is 5.73 Å². The molecule has 1 saturated carbocycles. The monoisotopic (exact) mass is 299 g/mol. The van der Waals surface area contributed by atoms with E-state index >= 15 is 0 Å². The summed E-state index contributed by atoms with van der Waals surface area (Å²) >= 11 is 6.14. The third kappa shape index (κ3) is 2.85. The molecule has 1 aromatic carbocycles. The van der Waals surface area contributed by atoms with E-state index in [1.807, 2.05) is 0 Å². The summed E-state index contributed by atoms with van der Waals surface area (Å²) < 4.78 is 13.2. The second-order valence-electron chi connectivity index (χ2n) is 5.88. The zero-order chi connectivity index (χ0) is 14.8. The molecular weight excluding hydrogens is 277 g/mol. The zero-order valence-corrected chi connectivity index (χ0v) is 12.7. The highest BCUT2D eigenvalue weighted by molar-refractivity contribution is 6.31. The van der Waals surface area contributed by atoms with E-state index in [2.05, 4.69) is 6.92 Å². The van der Waals surface area contributed by atoms with E-state index in [0.717, 1.165) is 37.7 Å². The van der Waals surface area contributed by atoms with Crippen molar-refractivity contribution < 1.29 is 9.50 Å². The molecule has 0 amide bonds. The molecule has 1 aromatic rings. The second-order valence-corrected chi connectivity index (χ2v) is 6.28. The minimum Gasteiger partial charge on any atom is -0.392 e. The highest BCUT2D eigenvalue weighted by atomic mass is 35.5. The lowest BCUT2D eigenvalue weighted by Crippen LogP contribution is -2.40. The SMILES string of the molecule is CCC1(C(O)C(CN)c2ccc(F)cc2Cl)CCCC1. The Kier molecular flexibility index (Phi) is 5.05. The first-order valence-electron chi connectivity index (χ1n) is 7.37. The molecule has 2 unspecified atom stereocenters. The van der Waals surface area contributed by atoms with E-state index in [1.165, 1.54) is 12.1 Å². The average molecular weight is 300 g/mol. The summed E-state index contributed by atoms with van der Waals surface area (Å²) in [6.45, 7) is 2.43. The van der Waals surface area contributed by atoms with Gasteiger partial charge in [-0.15, -0.1) is 0 Å². The third-order valence-corrected chi connectivity index (χ3v) is 5.26. The molecule has 1 aliphatic rings. The van der Waals surface area contributed by atoms with Crippen molar-refractivity contribution in [3.05, 3.63) is 34.6 Å². The molecule has 2 rings (SSSR count). The van der Waals surface area contributed by atoms with Crippen LogP contribution in [0.2, 0.25) is 5.02 Å². The van der Waals surface area contributed by atoms with Gasteiger partial charge in [0.2, 0.25) is 0 Å². The molecule has 0 heterocycles. The lowest BCUT2D eigenvalue weighted by atomic mass is 9.71. The fourth-order valence-corrected chi connectivity index (χ4v) is 3.90. The summed E-state index contributed by atoms with van der Waals surface area (Å²) in [5, 5.41) is 11.2. The van der Waals surface area contributed by atoms with E-state index in [4.69, 9.17) is 17.3 Å². The molecule has 1 aliphatic carbocycles. The third-order valence-electron chi connectivity index (χ3n) is 4.93. The fourth-order valence-electron chi connectivity index (χ4n) is 3.59. The largest absolute Gasteiger partial charge is 0.392 e. The van der Waals surface area contributed by atoms with Gasteiger partial charge in [-0.3, -0.25) is 0 Å². The van der Waals surface area contributed by atoms with Crippen molar-refractivity contribution in [1.29, 1.82) is 0 Å². The Labute approximate surface area is 125 Å². The lowest BCUT2D eigenvalue weighted by Gasteiger charge is -2.38. The van der Waals surface area contributed by atoms with Crippen LogP contribution in [0.4, 0.5) is 4.39 Å². The predicted octanol–water partition coefficient (Wildman–Crippen LogP) is 3.85. The predicted molar refractivity (Wildman–Crippen MR) is 80.4 cm³/mol. The van der Waals surface area contributed by atoms with Crippen molar-refractivity contribution in [3.8, 4) is 0 Å². The molecule has 0 bridgehead atoms. The van der Waals surface area contributed by atoms with Gasteiger partial charge in [-0.25, -0.2) is 4.39 Å². The minimum atomic E-state index is -0.525. The smallest absolute Gasteiger partial charge is 0.124 e. The van der Waals surface area contributed by atoms with Gasteiger partial charge in [-0.2, -0.15) is 0 Å². The maximum Gasteiger partial charge on any atom is 0.124 e. The summed E-state index contributed by atoms with van der Waals surface area (Å²) in [7, 11) is 0. The lowest BCUT2D eigenvalue weighted by molar-refractivity contribution is 0.00601. The highest BCUT2D eigenvalue weighted by Gasteiger charge is 2.43. The van der Waals surface area contributed by atoms with Gasteiger partial charge >= 0.3 is 0 Å². The highest BCUT2D eigenvalue weighted by Crippen LogP contribution is 2.48. The number of hydrogen-bond acceptors (Lipinski definition) is 2. The molecular formula is C16H23ClFNO. The number of halogens is 2. The van der Waals surface area contributed by atoms with E-state index in [-0.39, 0.29) is 17.2 Å². The van der Waals surface area contributed by atoms with Crippen LogP contribution in [-0.4, -0.2) is 17.8 Å². The van der Waals surface area contributed by atoms with Gasteiger partial charge in [0.25, 0.3) is 0 Å². The number of aliphatic hydroxyl groups excluding tert-OH is 1. The van der Waals surface area contributed by atoms with E-state index < -0.39 is 6.10 Å². The standard InChI is InChI=1S/C16H23ClFNO/c1-2-16(7-3-4-8-16)15(20)13(10-19)12-6-5-11(18)9-14(12)17/h5-6,9,13,15,20H,2-4,7-8,10,19H2,1H3. The Morgan fingerprint density at radius 3 is 2.55 bits per heavy atom. The molecule has 4 heteroatoms. The molecule has 2 atom stereocenters. The molecule has 20 heavy (non-hydrogen) atoms. The van der Waals surface area contributed by atoms with Crippen molar-refractivity contribution in [2.24, 2.45) is 11.1 Å². The number of aliphatic hydroxyl groups is 1. The van der Waals surface area contributed by atoms with Crippen LogP contribution in [0.3, 0.4) is 0 Å². The second kappa shape index (κ2) is 6.42. The van der Waals surface area contributed by atoms with Gasteiger partial charge in [-0.1, -0.05) is 37.4 Å². The number of nitrogens with two attached hydrogens (primary N) is 1. The molecule has 0 spiro atoms. The maximum atomic E-state index is 13.2. The Bertz CT molecular complexity index is 460. The molecule has 1 fully saturated rings. The van der Waals surface area contributed by atoms with Crippen LogP contribution in [-0.2, 0) is 0 Å². The minimum absolute atomic E-state index is 0.0677. The summed E-state index contributed by atoms with van der Waals surface area (Å²) in [6.07, 6.45) is 4.77. The van der Waals surface area contributed by atoms with Gasteiger partial charge in [0.1, 0.15) is 5.82 Å². The maximum absolute atomic E-state index is 13.2. The quantitative estimate of drug-likeness (QED) is 0.867. The van der Waals surface area contributed by atoms with Crippen LogP contribution in [0.5, 0.6) is 0 Å². The van der Waals surface area contributed by atoms with Crippen LogP contribution in [0.25, 0.3) is 0 Å². The van der Waals surface area contributed by atoms with E-state index in [9.17, 15) is 9.50 Å². The Morgan fingerprint density at radius 2 is 2.05 bits per heavy atom. The molecule has 112 valence electrons.